The predicted molar refractivity (Wildman–Crippen MR) is 61.4 cm³/mol. The van der Waals surface area contributed by atoms with Crippen molar-refractivity contribution in [1.29, 1.82) is 0 Å². The number of rotatable bonds is 2. The molecular formula is C14H19NO. The van der Waals surface area contributed by atoms with Crippen molar-refractivity contribution >= 4 is 0 Å². The Kier molecular flexibility index (Phi) is 1.80. The van der Waals surface area contributed by atoms with E-state index in [9.17, 15) is 0 Å². The van der Waals surface area contributed by atoms with E-state index in [1.807, 2.05) is 0 Å². The molecule has 0 amide bonds. The highest BCUT2D eigenvalue weighted by atomic mass is 16.5. The lowest BCUT2D eigenvalue weighted by atomic mass is 9.78. The first-order valence-electron chi connectivity index (χ1n) is 6.81. The quantitative estimate of drug-likeness (QED) is 0.748. The van der Waals surface area contributed by atoms with Crippen molar-refractivity contribution < 1.29 is 4.52 Å². The van der Waals surface area contributed by atoms with Gasteiger partial charge in [0.2, 0.25) is 0 Å². The average molecular weight is 217 g/mol. The molecule has 2 heteroatoms. The molecule has 1 heterocycles. The van der Waals surface area contributed by atoms with Crippen molar-refractivity contribution in [3.8, 4) is 0 Å². The molecule has 0 saturated heterocycles. The third-order valence-electron chi connectivity index (χ3n) is 4.95. The van der Waals surface area contributed by atoms with Gasteiger partial charge in [-0.05, 0) is 56.8 Å². The van der Waals surface area contributed by atoms with E-state index in [0.717, 1.165) is 11.2 Å². The van der Waals surface area contributed by atoms with E-state index in [2.05, 4.69) is 11.2 Å². The third-order valence-corrected chi connectivity index (χ3v) is 4.95. The molecule has 1 aromatic heterocycles. The minimum atomic E-state index is 0.697. The van der Waals surface area contributed by atoms with Crippen molar-refractivity contribution in [3.05, 3.63) is 17.5 Å². The van der Waals surface area contributed by atoms with E-state index in [4.69, 9.17) is 4.52 Å². The number of hydrogen-bond donors (Lipinski definition) is 0. The summed E-state index contributed by atoms with van der Waals surface area (Å²) in [6.07, 6.45) is 11.2. The van der Waals surface area contributed by atoms with Gasteiger partial charge in [-0.15, -0.1) is 0 Å². The van der Waals surface area contributed by atoms with Crippen LogP contribution in [0.15, 0.2) is 10.6 Å². The molecule has 3 saturated carbocycles. The fraction of sp³-hybridized carbons (Fsp3) is 0.786. The van der Waals surface area contributed by atoms with Crippen LogP contribution in [0.5, 0.6) is 0 Å². The molecule has 1 spiro atoms. The van der Waals surface area contributed by atoms with Gasteiger partial charge >= 0.3 is 0 Å². The van der Waals surface area contributed by atoms with Crippen LogP contribution in [-0.2, 0) is 0 Å². The maximum atomic E-state index is 5.46. The van der Waals surface area contributed by atoms with Gasteiger partial charge in [0.25, 0.3) is 0 Å². The van der Waals surface area contributed by atoms with Crippen LogP contribution in [-0.4, -0.2) is 5.16 Å². The van der Waals surface area contributed by atoms with Gasteiger partial charge in [-0.25, -0.2) is 0 Å². The summed E-state index contributed by atoms with van der Waals surface area (Å²) in [4.78, 5) is 0. The van der Waals surface area contributed by atoms with Crippen LogP contribution in [0.1, 0.15) is 74.7 Å². The number of hydrogen-bond acceptors (Lipinski definition) is 2. The summed E-state index contributed by atoms with van der Waals surface area (Å²) in [5.74, 6) is 2.56. The molecule has 0 radical (unpaired) electrons. The molecule has 0 N–H and O–H groups in total. The highest BCUT2D eigenvalue weighted by Crippen LogP contribution is 2.58. The molecule has 3 aliphatic rings. The highest BCUT2D eigenvalue weighted by molar-refractivity contribution is 5.18. The first kappa shape index (κ1) is 9.26. The van der Waals surface area contributed by atoms with Crippen molar-refractivity contribution in [2.75, 3.05) is 0 Å². The second-order valence-electron chi connectivity index (χ2n) is 6.20. The van der Waals surface area contributed by atoms with E-state index >= 15 is 0 Å². The molecule has 2 nitrogen and oxygen atoms in total. The van der Waals surface area contributed by atoms with Crippen LogP contribution >= 0.6 is 0 Å². The lowest BCUT2D eigenvalue weighted by molar-refractivity contribution is 0.293. The molecule has 0 aromatic carbocycles. The molecule has 0 unspecified atom stereocenters. The summed E-state index contributed by atoms with van der Waals surface area (Å²) in [6.45, 7) is 0. The Bertz CT molecular complexity index is 391. The van der Waals surface area contributed by atoms with E-state index in [-0.39, 0.29) is 0 Å². The molecule has 0 atom stereocenters. The van der Waals surface area contributed by atoms with Crippen LogP contribution in [0.2, 0.25) is 0 Å². The highest BCUT2D eigenvalue weighted by Gasteiger charge is 2.45. The monoisotopic (exact) mass is 217 g/mol. The number of aromatic nitrogens is 1. The van der Waals surface area contributed by atoms with Crippen LogP contribution in [0.3, 0.4) is 0 Å². The van der Waals surface area contributed by atoms with Gasteiger partial charge in [0.15, 0.2) is 0 Å². The Labute approximate surface area is 96.4 Å². The van der Waals surface area contributed by atoms with Crippen molar-refractivity contribution in [1.82, 2.24) is 5.16 Å². The van der Waals surface area contributed by atoms with Crippen LogP contribution in [0, 0.1) is 5.41 Å². The topological polar surface area (TPSA) is 26.0 Å². The molecule has 86 valence electrons. The van der Waals surface area contributed by atoms with E-state index in [0.29, 0.717) is 11.8 Å². The second kappa shape index (κ2) is 3.12. The summed E-state index contributed by atoms with van der Waals surface area (Å²) < 4.78 is 5.46. The van der Waals surface area contributed by atoms with Gasteiger partial charge in [0.05, 0.1) is 5.69 Å². The zero-order chi connectivity index (χ0) is 10.6. The molecule has 3 fully saturated rings. The molecule has 3 aliphatic carbocycles. The smallest absolute Gasteiger partial charge is 0.140 e. The lowest BCUT2D eigenvalue weighted by Gasteiger charge is -2.26. The molecule has 4 rings (SSSR count). The van der Waals surface area contributed by atoms with Gasteiger partial charge in [-0.3, -0.25) is 0 Å². The molecule has 0 bridgehead atoms. The third kappa shape index (κ3) is 1.50. The SMILES string of the molecule is c1c(C2CCC3(CC2)CC3)noc1C1CC1. The first-order chi connectivity index (χ1) is 7.85. The maximum Gasteiger partial charge on any atom is 0.140 e. The minimum absolute atomic E-state index is 0.697. The Balaban J connectivity index is 1.47. The Morgan fingerprint density at radius 2 is 1.75 bits per heavy atom. The van der Waals surface area contributed by atoms with E-state index in [1.54, 1.807) is 0 Å². The van der Waals surface area contributed by atoms with Crippen molar-refractivity contribution in [2.24, 2.45) is 5.41 Å². The average Bonchev–Trinajstić information content (AvgIpc) is 3.23. The first-order valence-corrected chi connectivity index (χ1v) is 6.81. The minimum Gasteiger partial charge on any atom is -0.361 e. The second-order valence-corrected chi connectivity index (χ2v) is 6.20. The van der Waals surface area contributed by atoms with E-state index < -0.39 is 0 Å². The van der Waals surface area contributed by atoms with Crippen molar-refractivity contribution in [2.45, 2.75) is 63.2 Å². The fourth-order valence-electron chi connectivity index (χ4n) is 3.26. The van der Waals surface area contributed by atoms with Gasteiger partial charge in [-0.2, -0.15) is 0 Å². The normalized spacial score (nSPS) is 28.5. The van der Waals surface area contributed by atoms with Crippen LogP contribution in [0.4, 0.5) is 0 Å². The molecule has 1 aromatic rings. The van der Waals surface area contributed by atoms with E-state index in [1.165, 1.54) is 57.1 Å². The summed E-state index contributed by atoms with van der Waals surface area (Å²) in [6, 6.07) is 2.24. The number of nitrogens with zero attached hydrogens (tertiary/aromatic N) is 1. The zero-order valence-electron chi connectivity index (χ0n) is 9.74. The summed E-state index contributed by atoms with van der Waals surface area (Å²) in [7, 11) is 0. The molecule has 0 aliphatic heterocycles. The zero-order valence-corrected chi connectivity index (χ0v) is 9.74. The standard InChI is InChI=1S/C14H19NO/c1-2-11(1)13-9-12(15-16-13)10-3-5-14(6-4-10)7-8-14/h9-11H,1-8H2. The van der Waals surface area contributed by atoms with Crippen LogP contribution in [0.25, 0.3) is 0 Å². The van der Waals surface area contributed by atoms with Crippen LogP contribution < -0.4 is 0 Å². The molecular weight excluding hydrogens is 198 g/mol. The largest absolute Gasteiger partial charge is 0.361 e. The molecule has 16 heavy (non-hydrogen) atoms. The lowest BCUT2D eigenvalue weighted by Crippen LogP contribution is -2.13. The Hall–Kier alpha value is -0.790. The Morgan fingerprint density at radius 3 is 2.38 bits per heavy atom. The predicted octanol–water partition coefficient (Wildman–Crippen LogP) is 3.99. The van der Waals surface area contributed by atoms with Gasteiger partial charge < -0.3 is 4.52 Å². The summed E-state index contributed by atoms with van der Waals surface area (Å²) in [5, 5.41) is 4.29. The summed E-state index contributed by atoms with van der Waals surface area (Å²) >= 11 is 0. The van der Waals surface area contributed by atoms with Gasteiger partial charge in [-0.1, -0.05) is 5.16 Å². The summed E-state index contributed by atoms with van der Waals surface area (Å²) in [5.41, 5.74) is 2.04. The van der Waals surface area contributed by atoms with Gasteiger partial charge in [0, 0.05) is 17.9 Å². The maximum absolute atomic E-state index is 5.46. The van der Waals surface area contributed by atoms with Crippen molar-refractivity contribution in [3.63, 3.8) is 0 Å². The Morgan fingerprint density at radius 1 is 1.00 bits per heavy atom. The fourth-order valence-corrected chi connectivity index (χ4v) is 3.26. The van der Waals surface area contributed by atoms with Gasteiger partial charge in [0.1, 0.15) is 5.76 Å².